The number of esters is 1. The summed E-state index contributed by atoms with van der Waals surface area (Å²) in [5.41, 5.74) is 0.341. The van der Waals surface area contributed by atoms with Gasteiger partial charge in [-0.1, -0.05) is 32.6 Å². The lowest BCUT2D eigenvalue weighted by Crippen LogP contribution is -2.46. The molecule has 25 heavy (non-hydrogen) atoms. The van der Waals surface area contributed by atoms with Crippen LogP contribution in [-0.2, 0) is 9.47 Å². The van der Waals surface area contributed by atoms with Gasteiger partial charge in [0.1, 0.15) is 17.8 Å². The van der Waals surface area contributed by atoms with E-state index in [1.807, 2.05) is 0 Å². The van der Waals surface area contributed by atoms with Crippen LogP contribution >= 0.6 is 0 Å². The number of carbonyl (C=O) groups excluding carboxylic acids is 1. The number of hydrogen-bond donors (Lipinski definition) is 3. The van der Waals surface area contributed by atoms with Gasteiger partial charge in [0, 0.05) is 6.07 Å². The first-order chi connectivity index (χ1) is 12.1. The van der Waals surface area contributed by atoms with Gasteiger partial charge in [0.2, 0.25) is 0 Å². The number of rotatable bonds is 9. The lowest BCUT2D eigenvalue weighted by atomic mass is 10.1. The third kappa shape index (κ3) is 5.22. The van der Waals surface area contributed by atoms with Crippen LogP contribution in [0, 0.1) is 0 Å². The summed E-state index contributed by atoms with van der Waals surface area (Å²) < 4.78 is 12.2. The average molecular weight is 354 g/mol. The second-order valence-corrected chi connectivity index (χ2v) is 6.32. The van der Waals surface area contributed by atoms with Gasteiger partial charge < -0.3 is 24.8 Å². The Morgan fingerprint density at radius 2 is 2.00 bits per heavy atom. The summed E-state index contributed by atoms with van der Waals surface area (Å²) in [6.45, 7) is 2.14. The molecule has 0 amide bonds. The third-order valence-electron chi connectivity index (χ3n) is 4.35. The molecule has 1 aliphatic rings. The van der Waals surface area contributed by atoms with Gasteiger partial charge >= 0.3 is 5.97 Å². The quantitative estimate of drug-likeness (QED) is 0.343. The van der Waals surface area contributed by atoms with Crippen LogP contribution in [0.2, 0.25) is 0 Å². The number of unbranched alkanes of at least 4 members (excludes halogenated alkanes) is 4. The van der Waals surface area contributed by atoms with E-state index in [1.165, 1.54) is 23.6 Å². The molecule has 0 unspecified atom stereocenters. The fourth-order valence-electron chi connectivity index (χ4n) is 2.85. The highest BCUT2D eigenvalue weighted by Gasteiger charge is 2.48. The lowest BCUT2D eigenvalue weighted by Gasteiger charge is -2.10. The number of aliphatic hydroxyl groups excluding tert-OH is 3. The van der Waals surface area contributed by atoms with Gasteiger partial charge in [-0.05, 0) is 12.5 Å². The van der Waals surface area contributed by atoms with Crippen LogP contribution in [0.3, 0.4) is 0 Å². The minimum Gasteiger partial charge on any atom is -0.462 e. The standard InChI is InChI=1S/C18H28NO6/c1-2-3-4-5-6-10-24-18(23)13-8-7-9-19(11-13)17-16(22)15(21)14(12-20)25-17/h7-9,11,14-17,20-22H,2-6,10,12H2,1H3/q+1/t14-,15+,16+,17-/m1/s1. The Balaban J connectivity index is 1.91. The predicted octanol–water partition coefficient (Wildman–Crippen LogP) is 0.713. The molecule has 1 aromatic rings. The fourth-order valence-corrected chi connectivity index (χ4v) is 2.85. The van der Waals surface area contributed by atoms with E-state index in [1.54, 1.807) is 18.3 Å². The van der Waals surface area contributed by atoms with Crippen molar-refractivity contribution in [1.82, 2.24) is 0 Å². The number of aromatic nitrogens is 1. The number of ether oxygens (including phenoxy) is 2. The molecule has 1 fully saturated rings. The fraction of sp³-hybridized carbons (Fsp3) is 0.667. The maximum Gasteiger partial charge on any atom is 0.344 e. The highest BCUT2D eigenvalue weighted by atomic mass is 16.6. The van der Waals surface area contributed by atoms with Crippen molar-refractivity contribution in [2.45, 2.75) is 63.6 Å². The van der Waals surface area contributed by atoms with Gasteiger partial charge in [0.25, 0.3) is 6.23 Å². The SMILES string of the molecule is CCCCCCCOC(=O)c1ccc[n+]([C@@H]2O[C@H](CO)[C@H](O)[C@@H]2O)c1. The molecule has 4 atom stereocenters. The van der Waals surface area contributed by atoms with E-state index in [0.29, 0.717) is 12.2 Å². The summed E-state index contributed by atoms with van der Waals surface area (Å²) >= 11 is 0. The minimum atomic E-state index is -1.19. The van der Waals surface area contributed by atoms with Gasteiger partial charge in [-0.3, -0.25) is 0 Å². The zero-order chi connectivity index (χ0) is 18.2. The summed E-state index contributed by atoms with van der Waals surface area (Å²) in [6, 6.07) is 3.27. The molecule has 7 nitrogen and oxygen atoms in total. The molecule has 1 saturated heterocycles. The van der Waals surface area contributed by atoms with E-state index < -0.39 is 37.1 Å². The van der Waals surface area contributed by atoms with Crippen molar-refractivity contribution in [1.29, 1.82) is 0 Å². The zero-order valence-corrected chi connectivity index (χ0v) is 14.6. The largest absolute Gasteiger partial charge is 0.462 e. The topological polar surface area (TPSA) is 100 Å². The Morgan fingerprint density at radius 3 is 2.68 bits per heavy atom. The molecule has 2 heterocycles. The average Bonchev–Trinajstić information content (AvgIpc) is 2.92. The van der Waals surface area contributed by atoms with Crippen molar-refractivity contribution < 1.29 is 34.2 Å². The Hall–Kier alpha value is -1.54. The summed E-state index contributed by atoms with van der Waals surface area (Å²) in [7, 11) is 0. The van der Waals surface area contributed by atoms with Crippen molar-refractivity contribution in [2.75, 3.05) is 13.2 Å². The molecule has 3 N–H and O–H groups in total. The molecule has 0 radical (unpaired) electrons. The van der Waals surface area contributed by atoms with Crippen LogP contribution in [0.1, 0.15) is 55.6 Å². The first-order valence-corrected chi connectivity index (χ1v) is 8.88. The molecule has 2 rings (SSSR count). The van der Waals surface area contributed by atoms with Gasteiger partial charge in [0.05, 0.1) is 13.2 Å². The maximum absolute atomic E-state index is 12.1. The van der Waals surface area contributed by atoms with Crippen molar-refractivity contribution in [3.05, 3.63) is 30.1 Å². The Bertz CT molecular complexity index is 552. The molecule has 0 bridgehead atoms. The highest BCUT2D eigenvalue weighted by molar-refractivity contribution is 5.88. The van der Waals surface area contributed by atoms with Gasteiger partial charge in [-0.15, -0.1) is 0 Å². The maximum atomic E-state index is 12.1. The van der Waals surface area contributed by atoms with Crippen LogP contribution < -0.4 is 4.57 Å². The third-order valence-corrected chi connectivity index (χ3v) is 4.35. The molecule has 1 aliphatic heterocycles. The number of hydrogen-bond acceptors (Lipinski definition) is 6. The van der Waals surface area contributed by atoms with E-state index in [0.717, 1.165) is 19.3 Å². The van der Waals surface area contributed by atoms with E-state index in [2.05, 4.69) is 6.92 Å². The minimum absolute atomic E-state index is 0.341. The van der Waals surface area contributed by atoms with Crippen LogP contribution in [0.15, 0.2) is 24.5 Å². The van der Waals surface area contributed by atoms with E-state index in [4.69, 9.17) is 14.6 Å². The Labute approximate surface area is 147 Å². The van der Waals surface area contributed by atoms with E-state index >= 15 is 0 Å². The first kappa shape index (κ1) is 19.8. The van der Waals surface area contributed by atoms with Gasteiger partial charge in [-0.25, -0.2) is 4.79 Å². The first-order valence-electron chi connectivity index (χ1n) is 8.88. The summed E-state index contributed by atoms with van der Waals surface area (Å²) in [5, 5.41) is 29.1. The van der Waals surface area contributed by atoms with Crippen molar-refractivity contribution in [3.63, 3.8) is 0 Å². The van der Waals surface area contributed by atoms with E-state index in [-0.39, 0.29) is 0 Å². The van der Waals surface area contributed by atoms with Crippen LogP contribution in [0.5, 0.6) is 0 Å². The van der Waals surface area contributed by atoms with Crippen LogP contribution in [0.4, 0.5) is 0 Å². The highest BCUT2D eigenvalue weighted by Crippen LogP contribution is 2.25. The lowest BCUT2D eigenvalue weighted by molar-refractivity contribution is -0.765. The Kier molecular flexibility index (Phi) is 7.77. The summed E-state index contributed by atoms with van der Waals surface area (Å²) in [6.07, 6.45) is 4.44. The smallest absolute Gasteiger partial charge is 0.344 e. The molecule has 1 aromatic heterocycles. The number of aliphatic hydroxyl groups is 3. The molecule has 0 aliphatic carbocycles. The molecule has 7 heteroatoms. The summed E-state index contributed by atoms with van der Waals surface area (Å²) in [5.74, 6) is -0.434. The zero-order valence-electron chi connectivity index (χ0n) is 14.6. The molecule has 0 aromatic carbocycles. The second kappa shape index (κ2) is 9.82. The number of carbonyl (C=O) groups is 1. The van der Waals surface area contributed by atoms with Crippen LogP contribution in [-0.4, -0.2) is 52.8 Å². The van der Waals surface area contributed by atoms with Gasteiger partial charge in [-0.2, -0.15) is 4.57 Å². The number of nitrogens with zero attached hydrogens (tertiary/aromatic N) is 1. The van der Waals surface area contributed by atoms with Crippen molar-refractivity contribution in [2.24, 2.45) is 0 Å². The van der Waals surface area contributed by atoms with Crippen molar-refractivity contribution >= 4 is 5.97 Å². The van der Waals surface area contributed by atoms with Gasteiger partial charge in [0.15, 0.2) is 18.5 Å². The molecule has 140 valence electrons. The monoisotopic (exact) mass is 354 g/mol. The van der Waals surface area contributed by atoms with Crippen molar-refractivity contribution in [3.8, 4) is 0 Å². The molecule has 0 saturated carbocycles. The molecular weight excluding hydrogens is 326 g/mol. The predicted molar refractivity (Wildman–Crippen MR) is 88.7 cm³/mol. The van der Waals surface area contributed by atoms with E-state index in [9.17, 15) is 15.0 Å². The molecule has 0 spiro atoms. The molecular formula is C18H28NO6+. The summed E-state index contributed by atoms with van der Waals surface area (Å²) in [4.78, 5) is 12.1. The number of pyridine rings is 1. The Morgan fingerprint density at radius 1 is 1.24 bits per heavy atom. The normalized spacial score (nSPS) is 25.9. The second-order valence-electron chi connectivity index (χ2n) is 6.32. The van der Waals surface area contributed by atoms with Crippen LogP contribution in [0.25, 0.3) is 0 Å².